The molecule has 0 aliphatic heterocycles. The molecule has 0 heterocycles. The molecule has 0 aliphatic carbocycles. The van der Waals surface area contributed by atoms with E-state index in [4.69, 9.17) is 0 Å². The smallest absolute Gasteiger partial charge is 0.322 e. The molecule has 0 spiro atoms. The second-order valence-corrected chi connectivity index (χ2v) is 7.51. The molecule has 0 aromatic heterocycles. The molecule has 1 N–H and O–H groups in total. The van der Waals surface area contributed by atoms with Gasteiger partial charge < -0.3 is 5.11 Å². The highest BCUT2D eigenvalue weighted by molar-refractivity contribution is 7.89. The third-order valence-corrected chi connectivity index (χ3v) is 5.94. The summed E-state index contributed by atoms with van der Waals surface area (Å²) < 4.78 is 26.3. The van der Waals surface area contributed by atoms with E-state index in [2.05, 4.69) is 0 Å². The molecule has 2 rings (SSSR count). The van der Waals surface area contributed by atoms with Gasteiger partial charge >= 0.3 is 5.97 Å². The van der Waals surface area contributed by atoms with Crippen LogP contribution in [-0.4, -0.2) is 36.9 Å². The monoisotopic (exact) mass is 347 g/mol. The van der Waals surface area contributed by atoms with Crippen molar-refractivity contribution in [3.63, 3.8) is 0 Å². The Bertz CT molecular complexity index is 803. The van der Waals surface area contributed by atoms with Crippen LogP contribution in [0.15, 0.2) is 59.5 Å². The fraction of sp³-hybridized carbons (Fsp3) is 0.278. The van der Waals surface area contributed by atoms with Gasteiger partial charge in [0.1, 0.15) is 6.04 Å². The Labute approximate surface area is 142 Å². The average molecular weight is 347 g/mol. The molecular formula is C18H21NO4S. The molecule has 0 saturated heterocycles. The molecule has 2 aromatic rings. The van der Waals surface area contributed by atoms with E-state index in [0.29, 0.717) is 0 Å². The topological polar surface area (TPSA) is 74.7 Å². The van der Waals surface area contributed by atoms with Crippen LogP contribution < -0.4 is 0 Å². The lowest BCUT2D eigenvalue weighted by Gasteiger charge is -2.25. The maximum atomic E-state index is 12.7. The Balaban J connectivity index is 2.35. The third kappa shape index (κ3) is 3.83. The van der Waals surface area contributed by atoms with E-state index in [9.17, 15) is 18.3 Å². The summed E-state index contributed by atoms with van der Waals surface area (Å²) in [5.74, 6) is -1.16. The number of rotatable bonds is 7. The van der Waals surface area contributed by atoms with Gasteiger partial charge in [0.2, 0.25) is 10.0 Å². The predicted molar refractivity (Wildman–Crippen MR) is 92.3 cm³/mol. The maximum absolute atomic E-state index is 12.7. The van der Waals surface area contributed by atoms with Gasteiger partial charge in [-0.3, -0.25) is 4.79 Å². The highest BCUT2D eigenvalue weighted by atomic mass is 32.2. The SMILES string of the molecule is CCc1ccccc1CC(C(=O)O)N(C)S(=O)(=O)c1ccccc1. The summed E-state index contributed by atoms with van der Waals surface area (Å²) in [6.07, 6.45) is 0.888. The van der Waals surface area contributed by atoms with Gasteiger partial charge in [0, 0.05) is 7.05 Å². The molecule has 5 nitrogen and oxygen atoms in total. The summed E-state index contributed by atoms with van der Waals surface area (Å²) in [4.78, 5) is 11.8. The number of carboxylic acids is 1. The van der Waals surface area contributed by atoms with E-state index in [1.807, 2.05) is 31.2 Å². The van der Waals surface area contributed by atoms with E-state index >= 15 is 0 Å². The van der Waals surface area contributed by atoms with Gasteiger partial charge in [0.25, 0.3) is 0 Å². The van der Waals surface area contributed by atoms with Crippen molar-refractivity contribution in [2.45, 2.75) is 30.7 Å². The van der Waals surface area contributed by atoms with Crippen LogP contribution in [0.3, 0.4) is 0 Å². The van der Waals surface area contributed by atoms with Crippen molar-refractivity contribution in [3.8, 4) is 0 Å². The fourth-order valence-electron chi connectivity index (χ4n) is 2.61. The second-order valence-electron chi connectivity index (χ2n) is 5.51. The number of benzene rings is 2. The van der Waals surface area contributed by atoms with Crippen molar-refractivity contribution in [2.24, 2.45) is 0 Å². The number of carbonyl (C=O) groups is 1. The van der Waals surface area contributed by atoms with E-state index < -0.39 is 22.0 Å². The molecule has 24 heavy (non-hydrogen) atoms. The van der Waals surface area contributed by atoms with Crippen LogP contribution in [0, 0.1) is 0 Å². The molecule has 0 bridgehead atoms. The number of aryl methyl sites for hydroxylation is 1. The minimum absolute atomic E-state index is 0.0857. The van der Waals surface area contributed by atoms with Crippen molar-refractivity contribution in [3.05, 3.63) is 65.7 Å². The van der Waals surface area contributed by atoms with Crippen LogP contribution in [0.4, 0.5) is 0 Å². The van der Waals surface area contributed by atoms with Gasteiger partial charge in [-0.2, -0.15) is 4.31 Å². The van der Waals surface area contributed by atoms with E-state index in [-0.39, 0.29) is 11.3 Å². The Hall–Kier alpha value is -2.18. The van der Waals surface area contributed by atoms with Crippen LogP contribution in [0.25, 0.3) is 0 Å². The molecule has 0 fully saturated rings. The largest absolute Gasteiger partial charge is 0.480 e. The number of hydrogen-bond acceptors (Lipinski definition) is 3. The zero-order valence-electron chi connectivity index (χ0n) is 13.7. The maximum Gasteiger partial charge on any atom is 0.322 e. The van der Waals surface area contributed by atoms with Gasteiger partial charge in [-0.15, -0.1) is 0 Å². The summed E-state index contributed by atoms with van der Waals surface area (Å²) in [5, 5.41) is 9.57. The molecule has 128 valence electrons. The van der Waals surface area contributed by atoms with Crippen molar-refractivity contribution >= 4 is 16.0 Å². The zero-order chi connectivity index (χ0) is 17.7. The number of likely N-dealkylation sites (N-methyl/N-ethyl adjacent to an activating group) is 1. The fourth-order valence-corrected chi connectivity index (χ4v) is 3.94. The van der Waals surface area contributed by atoms with Crippen molar-refractivity contribution in [1.29, 1.82) is 0 Å². The highest BCUT2D eigenvalue weighted by Crippen LogP contribution is 2.20. The van der Waals surface area contributed by atoms with Crippen LogP contribution in [-0.2, 0) is 27.7 Å². The van der Waals surface area contributed by atoms with Crippen LogP contribution in [0.5, 0.6) is 0 Å². The summed E-state index contributed by atoms with van der Waals surface area (Å²) in [6, 6.07) is 14.2. The lowest BCUT2D eigenvalue weighted by atomic mass is 9.99. The van der Waals surface area contributed by atoms with Crippen LogP contribution >= 0.6 is 0 Å². The molecular weight excluding hydrogens is 326 g/mol. The Kier molecular flexibility index (Phi) is 5.75. The summed E-state index contributed by atoms with van der Waals surface area (Å²) >= 11 is 0. The quantitative estimate of drug-likeness (QED) is 0.835. The van der Waals surface area contributed by atoms with Crippen molar-refractivity contribution in [2.75, 3.05) is 7.05 Å². The number of hydrogen-bond donors (Lipinski definition) is 1. The first-order valence-corrected chi connectivity index (χ1v) is 9.14. The van der Waals surface area contributed by atoms with Gasteiger partial charge in [-0.25, -0.2) is 8.42 Å². The Morgan fingerprint density at radius 3 is 2.12 bits per heavy atom. The average Bonchev–Trinajstić information content (AvgIpc) is 2.59. The molecule has 0 aliphatic rings. The number of sulfonamides is 1. The molecule has 0 radical (unpaired) electrons. The number of aliphatic carboxylic acids is 1. The minimum atomic E-state index is -3.87. The Morgan fingerprint density at radius 2 is 1.58 bits per heavy atom. The van der Waals surface area contributed by atoms with Crippen molar-refractivity contribution in [1.82, 2.24) is 4.31 Å². The Morgan fingerprint density at radius 1 is 1.04 bits per heavy atom. The molecule has 1 atom stereocenters. The first kappa shape index (κ1) is 18.2. The van der Waals surface area contributed by atoms with E-state index in [1.165, 1.54) is 19.2 Å². The first-order chi connectivity index (χ1) is 11.4. The first-order valence-electron chi connectivity index (χ1n) is 7.70. The molecule has 2 aromatic carbocycles. The van der Waals surface area contributed by atoms with Gasteiger partial charge in [-0.05, 0) is 36.1 Å². The van der Waals surface area contributed by atoms with Gasteiger partial charge in [0.05, 0.1) is 4.90 Å². The molecule has 1 unspecified atom stereocenters. The van der Waals surface area contributed by atoms with Gasteiger partial charge in [0.15, 0.2) is 0 Å². The summed E-state index contributed by atoms with van der Waals surface area (Å²) in [6.45, 7) is 1.99. The molecule has 6 heteroatoms. The predicted octanol–water partition coefficient (Wildman–Crippen LogP) is 2.57. The lowest BCUT2D eigenvalue weighted by molar-refractivity contribution is -0.141. The second kappa shape index (κ2) is 7.59. The summed E-state index contributed by atoms with van der Waals surface area (Å²) in [7, 11) is -2.56. The highest BCUT2D eigenvalue weighted by Gasteiger charge is 2.33. The standard InChI is InChI=1S/C18H21NO4S/c1-3-14-9-7-8-10-15(14)13-17(18(20)21)19(2)24(22,23)16-11-5-4-6-12-16/h4-12,17H,3,13H2,1-2H3,(H,20,21). The van der Waals surface area contributed by atoms with Crippen LogP contribution in [0.2, 0.25) is 0 Å². The molecule has 0 saturated carbocycles. The number of carboxylic acid groups (broad SMARTS) is 1. The third-order valence-electron chi connectivity index (χ3n) is 4.06. The zero-order valence-corrected chi connectivity index (χ0v) is 14.5. The van der Waals surface area contributed by atoms with Crippen LogP contribution in [0.1, 0.15) is 18.1 Å². The lowest BCUT2D eigenvalue weighted by Crippen LogP contribution is -2.43. The van der Waals surface area contributed by atoms with Gasteiger partial charge in [-0.1, -0.05) is 49.4 Å². The molecule has 0 amide bonds. The van der Waals surface area contributed by atoms with Crippen molar-refractivity contribution < 1.29 is 18.3 Å². The summed E-state index contributed by atoms with van der Waals surface area (Å²) in [5.41, 5.74) is 1.87. The normalized spacial score (nSPS) is 13.0. The van der Waals surface area contributed by atoms with E-state index in [1.54, 1.807) is 18.2 Å². The van der Waals surface area contributed by atoms with E-state index in [0.717, 1.165) is 21.9 Å². The number of nitrogens with zero attached hydrogens (tertiary/aromatic N) is 1. The minimum Gasteiger partial charge on any atom is -0.480 e.